The Kier molecular flexibility index (Phi) is 4.25. The highest BCUT2D eigenvalue weighted by molar-refractivity contribution is 6.04. The summed E-state index contributed by atoms with van der Waals surface area (Å²) in [5.41, 5.74) is 4.73. The Morgan fingerprint density at radius 1 is 0.879 bits per heavy atom. The molecule has 0 atom stereocenters. The molecule has 6 rings (SSSR count). The second-order valence-electron chi connectivity index (χ2n) is 7.94. The predicted molar refractivity (Wildman–Crippen MR) is 115 cm³/mol. The van der Waals surface area contributed by atoms with E-state index < -0.39 is 0 Å². The Morgan fingerprint density at radius 2 is 1.73 bits per heavy atom. The fraction of sp³-hybridized carbons (Fsp3) is 0.174. The number of carbonyl (C=O) groups excluding carboxylic acids is 3. The van der Waals surface area contributed by atoms with Crippen LogP contribution in [-0.2, 0) is 16.1 Å². The van der Waals surface area contributed by atoms with Gasteiger partial charge in [0.2, 0.25) is 11.8 Å². The summed E-state index contributed by atoms with van der Waals surface area (Å²) in [5, 5.41) is 10.7. The molecule has 0 saturated carbocycles. The lowest BCUT2D eigenvalue weighted by Crippen LogP contribution is -2.51. The van der Waals surface area contributed by atoms with Crippen molar-refractivity contribution in [2.24, 2.45) is 0 Å². The molecule has 0 N–H and O–H groups in total. The van der Waals surface area contributed by atoms with Gasteiger partial charge in [-0.15, -0.1) is 5.10 Å². The molecular formula is C23H17N7O3. The van der Waals surface area contributed by atoms with Crippen molar-refractivity contribution in [3.05, 3.63) is 66.0 Å². The van der Waals surface area contributed by atoms with Gasteiger partial charge < -0.3 is 0 Å². The Balaban J connectivity index is 1.29. The third kappa shape index (κ3) is 3.15. The van der Waals surface area contributed by atoms with Gasteiger partial charge in [0, 0.05) is 24.6 Å². The molecular weight excluding hydrogens is 422 g/mol. The summed E-state index contributed by atoms with van der Waals surface area (Å²) in [4.78, 5) is 46.3. The molecule has 162 valence electrons. The standard InChI is InChI=1S/C23H17N7O3/c31-21-4-1-5-22(32)30(21)29-12-14-11-15(6-7-16(14)23(29)33)28-13-20(26-27-28)19-9-8-17-18(25-19)3-2-10-24-17/h2-3,6-11,13H,1,4-5,12H2. The smallest absolute Gasteiger partial charge is 0.273 e. The van der Waals surface area contributed by atoms with Crippen molar-refractivity contribution in [3.63, 3.8) is 0 Å². The largest absolute Gasteiger partial charge is 0.273 e. The first kappa shape index (κ1) is 19.2. The second-order valence-corrected chi connectivity index (χ2v) is 7.94. The van der Waals surface area contributed by atoms with Crippen molar-refractivity contribution in [1.82, 2.24) is 35.0 Å². The molecule has 1 aromatic carbocycles. The zero-order valence-corrected chi connectivity index (χ0v) is 17.4. The van der Waals surface area contributed by atoms with Crippen LogP contribution in [0, 0.1) is 0 Å². The van der Waals surface area contributed by atoms with Gasteiger partial charge in [0.05, 0.1) is 35.2 Å². The van der Waals surface area contributed by atoms with Crippen LogP contribution in [0.2, 0.25) is 0 Å². The van der Waals surface area contributed by atoms with Crippen molar-refractivity contribution < 1.29 is 14.4 Å². The number of amides is 3. The minimum atomic E-state index is -0.353. The van der Waals surface area contributed by atoms with Crippen LogP contribution in [-0.4, -0.2) is 52.7 Å². The van der Waals surface area contributed by atoms with Crippen LogP contribution in [0.3, 0.4) is 0 Å². The van der Waals surface area contributed by atoms with E-state index in [0.29, 0.717) is 29.1 Å². The first-order chi connectivity index (χ1) is 16.1. The number of piperidine rings is 1. The van der Waals surface area contributed by atoms with Crippen LogP contribution in [0.15, 0.2) is 54.9 Å². The van der Waals surface area contributed by atoms with E-state index in [2.05, 4.69) is 20.3 Å². The molecule has 1 fully saturated rings. The summed E-state index contributed by atoms with van der Waals surface area (Å²) in [5.74, 6) is -1.04. The third-order valence-corrected chi connectivity index (χ3v) is 5.85. The molecule has 1 saturated heterocycles. The number of carbonyl (C=O) groups is 3. The zero-order chi connectivity index (χ0) is 22.5. The highest BCUT2D eigenvalue weighted by atomic mass is 16.2. The molecule has 2 aliphatic rings. The summed E-state index contributed by atoms with van der Waals surface area (Å²) in [6.07, 6.45) is 4.52. The summed E-state index contributed by atoms with van der Waals surface area (Å²) >= 11 is 0. The summed E-state index contributed by atoms with van der Waals surface area (Å²) in [6, 6.07) is 12.7. The van der Waals surface area contributed by atoms with Crippen LogP contribution in [0.25, 0.3) is 28.1 Å². The van der Waals surface area contributed by atoms with Crippen LogP contribution in [0.4, 0.5) is 0 Å². The topological polar surface area (TPSA) is 114 Å². The first-order valence-corrected chi connectivity index (χ1v) is 10.5. The lowest BCUT2D eigenvalue weighted by molar-refractivity contribution is -0.163. The molecule has 3 aromatic heterocycles. The van der Waals surface area contributed by atoms with Crippen LogP contribution < -0.4 is 0 Å². The van der Waals surface area contributed by atoms with Gasteiger partial charge in [-0.1, -0.05) is 5.21 Å². The Hall–Kier alpha value is -4.47. The Labute approximate surface area is 187 Å². The highest BCUT2D eigenvalue weighted by Crippen LogP contribution is 2.29. The maximum absolute atomic E-state index is 12.9. The van der Waals surface area contributed by atoms with Crippen LogP contribution in [0.1, 0.15) is 35.2 Å². The maximum atomic E-state index is 12.9. The van der Waals surface area contributed by atoms with Crippen molar-refractivity contribution in [2.75, 3.05) is 0 Å². The lowest BCUT2D eigenvalue weighted by atomic mass is 10.1. The zero-order valence-electron chi connectivity index (χ0n) is 17.4. The van der Waals surface area contributed by atoms with Gasteiger partial charge in [-0.2, -0.15) is 5.01 Å². The van der Waals surface area contributed by atoms with E-state index in [9.17, 15) is 14.4 Å². The predicted octanol–water partition coefficient (Wildman–Crippen LogP) is 2.29. The molecule has 0 radical (unpaired) electrons. The average Bonchev–Trinajstić information content (AvgIpc) is 3.44. The van der Waals surface area contributed by atoms with Crippen LogP contribution in [0.5, 0.6) is 0 Å². The van der Waals surface area contributed by atoms with Gasteiger partial charge in [0.15, 0.2) is 0 Å². The number of pyridine rings is 2. The monoisotopic (exact) mass is 439 g/mol. The van der Waals surface area contributed by atoms with E-state index in [0.717, 1.165) is 21.6 Å². The molecule has 10 nitrogen and oxygen atoms in total. The number of hydrogen-bond donors (Lipinski definition) is 0. The molecule has 4 aromatic rings. The van der Waals surface area contributed by atoms with Crippen molar-refractivity contribution in [1.29, 1.82) is 0 Å². The van der Waals surface area contributed by atoms with Gasteiger partial charge >= 0.3 is 0 Å². The molecule has 0 bridgehead atoms. The van der Waals surface area contributed by atoms with Crippen molar-refractivity contribution in [3.8, 4) is 17.1 Å². The maximum Gasteiger partial charge on any atom is 0.273 e. The Morgan fingerprint density at radius 3 is 2.58 bits per heavy atom. The fourth-order valence-corrected chi connectivity index (χ4v) is 4.21. The quantitative estimate of drug-likeness (QED) is 0.450. The summed E-state index contributed by atoms with van der Waals surface area (Å²) in [6.45, 7) is 0.153. The number of imide groups is 1. The van der Waals surface area contributed by atoms with Gasteiger partial charge in [0.25, 0.3) is 5.91 Å². The molecule has 0 spiro atoms. The number of rotatable bonds is 3. The molecule has 10 heteroatoms. The highest BCUT2D eigenvalue weighted by Gasteiger charge is 2.39. The number of hydrazine groups is 1. The summed E-state index contributed by atoms with van der Waals surface area (Å²) in [7, 11) is 0. The third-order valence-electron chi connectivity index (χ3n) is 5.85. The number of benzene rings is 1. The number of nitrogens with zero attached hydrogens (tertiary/aromatic N) is 7. The number of aromatic nitrogens is 5. The van der Waals surface area contributed by atoms with E-state index in [1.165, 1.54) is 5.01 Å². The molecule has 33 heavy (non-hydrogen) atoms. The number of hydrogen-bond acceptors (Lipinski definition) is 7. The molecule has 5 heterocycles. The first-order valence-electron chi connectivity index (χ1n) is 10.5. The number of fused-ring (bicyclic) bond motifs is 2. The molecule has 2 aliphatic heterocycles. The van der Waals surface area contributed by atoms with E-state index >= 15 is 0 Å². The van der Waals surface area contributed by atoms with Gasteiger partial charge in [-0.25, -0.2) is 14.7 Å². The minimum absolute atomic E-state index is 0.153. The normalized spacial score (nSPS) is 16.1. The van der Waals surface area contributed by atoms with E-state index in [-0.39, 0.29) is 37.1 Å². The van der Waals surface area contributed by atoms with E-state index in [1.54, 1.807) is 29.2 Å². The fourth-order valence-electron chi connectivity index (χ4n) is 4.21. The lowest BCUT2D eigenvalue weighted by Gasteiger charge is -2.32. The van der Waals surface area contributed by atoms with Crippen molar-refractivity contribution >= 4 is 28.8 Å². The molecule has 0 unspecified atom stereocenters. The Bertz CT molecular complexity index is 1450. The minimum Gasteiger partial charge on any atom is -0.273 e. The van der Waals surface area contributed by atoms with Crippen molar-refractivity contribution in [2.45, 2.75) is 25.8 Å². The molecule has 0 aliphatic carbocycles. The van der Waals surface area contributed by atoms with Gasteiger partial charge in [-0.05, 0) is 54.4 Å². The van der Waals surface area contributed by atoms with Gasteiger partial charge in [-0.3, -0.25) is 19.4 Å². The SMILES string of the molecule is O=C1c2ccc(-n3cc(-c4ccc5ncccc5n4)nn3)cc2CN1N1C(=O)CCCC1=O. The average molecular weight is 439 g/mol. The van der Waals surface area contributed by atoms with Crippen LogP contribution >= 0.6 is 0 Å². The summed E-state index contributed by atoms with van der Waals surface area (Å²) < 4.78 is 1.61. The van der Waals surface area contributed by atoms with E-state index in [1.807, 2.05) is 30.3 Å². The van der Waals surface area contributed by atoms with Gasteiger partial charge in [0.1, 0.15) is 5.69 Å². The second kappa shape index (κ2) is 7.30. The molecule has 3 amide bonds. The van der Waals surface area contributed by atoms with E-state index in [4.69, 9.17) is 0 Å².